The van der Waals surface area contributed by atoms with Crippen molar-refractivity contribution in [2.75, 3.05) is 0 Å². The number of nitrogens with one attached hydrogen (secondary N) is 1. The molecule has 2 aromatic heterocycles. The van der Waals surface area contributed by atoms with Crippen molar-refractivity contribution < 1.29 is 4.79 Å². The van der Waals surface area contributed by atoms with Crippen LogP contribution in [0.15, 0.2) is 46.2 Å². The van der Waals surface area contributed by atoms with Gasteiger partial charge in [-0.05, 0) is 31.2 Å². The van der Waals surface area contributed by atoms with Gasteiger partial charge in [0.2, 0.25) is 5.91 Å². The molecule has 0 radical (unpaired) electrons. The van der Waals surface area contributed by atoms with Gasteiger partial charge < -0.3 is 9.88 Å². The number of aromatic nitrogens is 4. The van der Waals surface area contributed by atoms with E-state index < -0.39 is 11.2 Å². The molecule has 8 nitrogen and oxygen atoms in total. The Kier molecular flexibility index (Phi) is 6.65. The van der Waals surface area contributed by atoms with E-state index in [2.05, 4.69) is 10.3 Å². The van der Waals surface area contributed by atoms with Gasteiger partial charge in [-0.15, -0.1) is 0 Å². The highest BCUT2D eigenvalue weighted by Gasteiger charge is 2.25. The van der Waals surface area contributed by atoms with E-state index in [-0.39, 0.29) is 24.5 Å². The first-order chi connectivity index (χ1) is 16.6. The van der Waals surface area contributed by atoms with Gasteiger partial charge in [-0.2, -0.15) is 0 Å². The lowest BCUT2D eigenvalue weighted by molar-refractivity contribution is -0.122. The minimum atomic E-state index is -0.492. The SMILES string of the molecule is O=C(Cn1c(=O)c2c(ncn2C2CCCC2)n(Cc2ccccc2)c1=O)NC1CCCCCC1. The third-order valence-electron chi connectivity index (χ3n) is 7.36. The highest BCUT2D eigenvalue weighted by molar-refractivity contribution is 5.77. The molecule has 2 heterocycles. The molecule has 0 bridgehead atoms. The Bertz CT molecular complexity index is 1260. The van der Waals surface area contributed by atoms with Crippen molar-refractivity contribution in [3.8, 4) is 0 Å². The highest BCUT2D eigenvalue weighted by Crippen LogP contribution is 2.31. The summed E-state index contributed by atoms with van der Waals surface area (Å²) in [7, 11) is 0. The van der Waals surface area contributed by atoms with Crippen molar-refractivity contribution in [3.63, 3.8) is 0 Å². The Morgan fingerprint density at radius 3 is 2.29 bits per heavy atom. The van der Waals surface area contributed by atoms with Gasteiger partial charge in [-0.3, -0.25) is 14.2 Å². The third kappa shape index (κ3) is 4.58. The number of carbonyl (C=O) groups is 1. The number of amides is 1. The van der Waals surface area contributed by atoms with Crippen LogP contribution in [0.1, 0.15) is 75.8 Å². The summed E-state index contributed by atoms with van der Waals surface area (Å²) in [5.41, 5.74) is 0.837. The average Bonchev–Trinajstić information content (AvgIpc) is 3.46. The van der Waals surface area contributed by atoms with Crippen LogP contribution in [0.2, 0.25) is 0 Å². The number of imidazole rings is 1. The first-order valence-corrected chi connectivity index (χ1v) is 12.7. The zero-order valence-electron chi connectivity index (χ0n) is 19.6. The second-order valence-corrected chi connectivity index (χ2v) is 9.76. The molecule has 2 fully saturated rings. The van der Waals surface area contributed by atoms with Gasteiger partial charge in [0.1, 0.15) is 6.54 Å². The lowest BCUT2D eigenvalue weighted by Crippen LogP contribution is -2.46. The van der Waals surface area contributed by atoms with Gasteiger partial charge in [0, 0.05) is 12.1 Å². The van der Waals surface area contributed by atoms with Crippen molar-refractivity contribution in [3.05, 3.63) is 63.1 Å². The van der Waals surface area contributed by atoms with E-state index in [1.807, 2.05) is 34.9 Å². The molecule has 2 aliphatic carbocycles. The fourth-order valence-electron chi connectivity index (χ4n) is 5.55. The molecule has 34 heavy (non-hydrogen) atoms. The van der Waals surface area contributed by atoms with Gasteiger partial charge in [-0.1, -0.05) is 68.9 Å². The van der Waals surface area contributed by atoms with Crippen LogP contribution < -0.4 is 16.6 Å². The van der Waals surface area contributed by atoms with E-state index in [4.69, 9.17) is 0 Å². The lowest BCUT2D eigenvalue weighted by atomic mass is 10.1. The molecule has 8 heteroatoms. The van der Waals surface area contributed by atoms with Crippen molar-refractivity contribution in [1.29, 1.82) is 0 Å². The second-order valence-electron chi connectivity index (χ2n) is 9.76. The molecule has 1 N–H and O–H groups in total. The number of fused-ring (bicyclic) bond motifs is 1. The second kappa shape index (κ2) is 9.99. The van der Waals surface area contributed by atoms with Gasteiger partial charge >= 0.3 is 5.69 Å². The molecule has 1 amide bonds. The zero-order valence-corrected chi connectivity index (χ0v) is 19.6. The van der Waals surface area contributed by atoms with Gasteiger partial charge in [0.25, 0.3) is 5.56 Å². The topological polar surface area (TPSA) is 90.9 Å². The normalized spacial score (nSPS) is 17.8. The predicted molar refractivity (Wildman–Crippen MR) is 131 cm³/mol. The third-order valence-corrected chi connectivity index (χ3v) is 7.36. The van der Waals surface area contributed by atoms with Gasteiger partial charge in [0.15, 0.2) is 11.2 Å². The fraction of sp³-hybridized carbons (Fsp3) is 0.538. The smallest absolute Gasteiger partial charge is 0.333 e. The Balaban J connectivity index is 1.54. The largest absolute Gasteiger partial charge is 0.352 e. The summed E-state index contributed by atoms with van der Waals surface area (Å²) in [6.45, 7) is 0.0249. The molecular weight excluding hydrogens is 430 g/mol. The van der Waals surface area contributed by atoms with Gasteiger partial charge in [-0.25, -0.2) is 14.3 Å². The maximum Gasteiger partial charge on any atom is 0.333 e. The molecule has 180 valence electrons. The van der Waals surface area contributed by atoms with Gasteiger partial charge in [0.05, 0.1) is 12.9 Å². The summed E-state index contributed by atoms with van der Waals surface area (Å²) in [6, 6.07) is 9.98. The molecule has 2 aliphatic rings. The number of nitrogens with zero attached hydrogens (tertiary/aromatic N) is 4. The summed E-state index contributed by atoms with van der Waals surface area (Å²) in [5.74, 6) is -0.274. The molecule has 5 rings (SSSR count). The zero-order chi connectivity index (χ0) is 23.5. The number of hydrogen-bond donors (Lipinski definition) is 1. The Hall–Kier alpha value is -3.16. The Morgan fingerprint density at radius 2 is 1.59 bits per heavy atom. The molecule has 3 aromatic rings. The fourth-order valence-corrected chi connectivity index (χ4v) is 5.55. The Morgan fingerprint density at radius 1 is 0.912 bits per heavy atom. The molecule has 0 atom stereocenters. The average molecular weight is 464 g/mol. The molecule has 0 spiro atoms. The van der Waals surface area contributed by atoms with Crippen LogP contribution in [0, 0.1) is 0 Å². The number of hydrogen-bond acceptors (Lipinski definition) is 4. The maximum atomic E-state index is 13.6. The number of rotatable bonds is 6. The van der Waals surface area contributed by atoms with Crippen LogP contribution in [0.25, 0.3) is 11.2 Å². The summed E-state index contributed by atoms with van der Waals surface area (Å²) in [6.07, 6.45) is 12.4. The summed E-state index contributed by atoms with van der Waals surface area (Å²) < 4.78 is 4.58. The van der Waals surface area contributed by atoms with E-state index in [0.717, 1.165) is 61.5 Å². The standard InChI is InChI=1S/C26H33N5O3/c32-22(28-20-12-6-1-2-7-13-20)17-30-25(33)23-24(27-18-31(23)21-14-8-9-15-21)29(26(30)34)16-19-10-4-3-5-11-19/h3-5,10-11,18,20-21H,1-2,6-9,12-17H2,(H,28,32). The highest BCUT2D eigenvalue weighted by atomic mass is 16.2. The van der Waals surface area contributed by atoms with E-state index in [0.29, 0.717) is 17.7 Å². The van der Waals surface area contributed by atoms with Crippen LogP contribution in [0.3, 0.4) is 0 Å². The van der Waals surface area contributed by atoms with Crippen LogP contribution >= 0.6 is 0 Å². The molecular formula is C26H33N5O3. The van der Waals surface area contributed by atoms with E-state index in [1.165, 1.54) is 17.4 Å². The van der Waals surface area contributed by atoms with Crippen LogP contribution in [0.4, 0.5) is 0 Å². The lowest BCUT2D eigenvalue weighted by Gasteiger charge is -2.18. The maximum absolute atomic E-state index is 13.6. The predicted octanol–water partition coefficient (Wildman–Crippen LogP) is 3.36. The molecule has 2 saturated carbocycles. The summed E-state index contributed by atoms with van der Waals surface area (Å²) in [5, 5.41) is 3.07. The van der Waals surface area contributed by atoms with Crippen molar-refractivity contribution in [1.82, 2.24) is 24.0 Å². The summed E-state index contributed by atoms with van der Waals surface area (Å²) >= 11 is 0. The van der Waals surface area contributed by atoms with Crippen molar-refractivity contribution in [2.24, 2.45) is 0 Å². The molecule has 0 unspecified atom stereocenters. The van der Waals surface area contributed by atoms with E-state index >= 15 is 0 Å². The Labute approximate surface area is 198 Å². The van der Waals surface area contributed by atoms with Crippen molar-refractivity contribution >= 4 is 17.1 Å². The number of benzene rings is 1. The van der Waals surface area contributed by atoms with E-state index in [9.17, 15) is 14.4 Å². The first-order valence-electron chi connectivity index (χ1n) is 12.7. The van der Waals surface area contributed by atoms with Crippen LogP contribution in [-0.4, -0.2) is 30.6 Å². The summed E-state index contributed by atoms with van der Waals surface area (Å²) in [4.78, 5) is 44.6. The molecule has 0 aliphatic heterocycles. The first kappa shape index (κ1) is 22.6. The van der Waals surface area contributed by atoms with Crippen LogP contribution in [0.5, 0.6) is 0 Å². The van der Waals surface area contributed by atoms with Crippen molar-refractivity contribution in [2.45, 2.75) is 89.4 Å². The minimum absolute atomic E-state index is 0.116. The number of carbonyl (C=O) groups excluding carboxylic acids is 1. The monoisotopic (exact) mass is 463 g/mol. The minimum Gasteiger partial charge on any atom is -0.352 e. The van der Waals surface area contributed by atoms with E-state index in [1.54, 1.807) is 6.33 Å². The quantitative estimate of drug-likeness (QED) is 0.568. The van der Waals surface area contributed by atoms with Crippen LogP contribution in [-0.2, 0) is 17.9 Å². The molecule has 0 saturated heterocycles. The molecule has 1 aromatic carbocycles.